The molecule has 1 N–H and O–H groups in total. The molecular weight excluding hydrogens is 591 g/mol. The topological polar surface area (TPSA) is 131 Å². The van der Waals surface area contributed by atoms with Crippen LogP contribution in [0.15, 0.2) is 18.2 Å². The van der Waals surface area contributed by atoms with Crippen LogP contribution in [0.4, 0.5) is 30.5 Å². The number of aryl methyl sites for hydroxylation is 1. The summed E-state index contributed by atoms with van der Waals surface area (Å²) in [5.74, 6) is -6.52. The molecule has 1 aliphatic carbocycles. The molecule has 43 heavy (non-hydrogen) atoms. The zero-order chi connectivity index (χ0) is 31.2. The Morgan fingerprint density at radius 3 is 2.47 bits per heavy atom. The van der Waals surface area contributed by atoms with Gasteiger partial charge in [0.05, 0.1) is 18.0 Å². The zero-order valence-electron chi connectivity index (χ0n) is 24.2. The Morgan fingerprint density at radius 1 is 1.09 bits per heavy atom. The number of piperidine rings is 2. The summed E-state index contributed by atoms with van der Waals surface area (Å²) in [6.07, 6.45) is 1.07. The van der Waals surface area contributed by atoms with E-state index < -0.39 is 45.0 Å². The third kappa shape index (κ3) is 7.13. The molecule has 3 aliphatic rings. The number of benzene rings is 1. The van der Waals surface area contributed by atoms with Gasteiger partial charge in [-0.1, -0.05) is 6.92 Å². The van der Waals surface area contributed by atoms with Gasteiger partial charge in [-0.05, 0) is 50.2 Å². The Kier molecular flexibility index (Phi) is 8.22. The van der Waals surface area contributed by atoms with Gasteiger partial charge in [0.1, 0.15) is 11.4 Å². The predicted molar refractivity (Wildman–Crippen MR) is 152 cm³/mol. The maximum Gasteiger partial charge on any atom is 0.350 e. The van der Waals surface area contributed by atoms with Crippen molar-refractivity contribution in [2.45, 2.75) is 52.4 Å². The van der Waals surface area contributed by atoms with Crippen molar-refractivity contribution in [3.63, 3.8) is 0 Å². The van der Waals surface area contributed by atoms with Crippen molar-refractivity contribution in [1.29, 1.82) is 0 Å². The summed E-state index contributed by atoms with van der Waals surface area (Å²) in [5.41, 5.74) is 0.160. The Hall–Kier alpha value is -3.62. The van der Waals surface area contributed by atoms with Gasteiger partial charge in [-0.25, -0.2) is 31.4 Å². The molecule has 1 saturated carbocycles. The molecule has 3 heterocycles. The number of ether oxygens (including phenoxy) is 2. The van der Waals surface area contributed by atoms with Crippen LogP contribution in [0.25, 0.3) is 0 Å². The molecule has 1 aromatic heterocycles. The lowest BCUT2D eigenvalue weighted by Crippen LogP contribution is -2.40. The smallest absolute Gasteiger partial charge is 0.350 e. The van der Waals surface area contributed by atoms with Crippen LogP contribution in [0.2, 0.25) is 0 Å². The van der Waals surface area contributed by atoms with E-state index in [1.54, 1.807) is 18.7 Å². The van der Waals surface area contributed by atoms with E-state index in [-0.39, 0.29) is 61.2 Å². The highest BCUT2D eigenvalue weighted by molar-refractivity contribution is 7.93. The third-order valence-electron chi connectivity index (χ3n) is 8.23. The largest absolute Gasteiger partial charge is 0.465 e. The molecule has 15 heteroatoms. The van der Waals surface area contributed by atoms with Crippen molar-refractivity contribution < 1.29 is 40.7 Å². The Labute approximate surface area is 247 Å². The maximum absolute atomic E-state index is 15.7. The number of carbonyl (C=O) groups is 2. The normalized spacial score (nSPS) is 22.9. The van der Waals surface area contributed by atoms with Gasteiger partial charge in [0.2, 0.25) is 21.9 Å². The van der Waals surface area contributed by atoms with Crippen LogP contribution < -0.4 is 19.3 Å². The molecular formula is C28H34F3N5O6S. The molecule has 11 nitrogen and oxygen atoms in total. The van der Waals surface area contributed by atoms with Crippen LogP contribution in [-0.4, -0.2) is 74.8 Å². The molecule has 1 aromatic carbocycles. The Bertz CT molecular complexity index is 1530. The second kappa shape index (κ2) is 11.5. The predicted octanol–water partition coefficient (Wildman–Crippen LogP) is 3.92. The zero-order valence-corrected chi connectivity index (χ0v) is 25.0. The molecule has 0 unspecified atom stereocenters. The van der Waals surface area contributed by atoms with Crippen molar-refractivity contribution in [2.24, 2.45) is 11.3 Å². The van der Waals surface area contributed by atoms with Crippen LogP contribution in [0, 0.1) is 24.1 Å². The summed E-state index contributed by atoms with van der Waals surface area (Å²) in [4.78, 5) is 37.2. The summed E-state index contributed by atoms with van der Waals surface area (Å²) < 4.78 is 80.6. The molecule has 3 fully saturated rings. The number of aromatic nitrogens is 2. The number of esters is 2. The SMILES string of the molecule is CCOC(=O)CS(=O)(=O)Nc1cc(F)c(C(=O)Oc2cc(C)nc(N3CCC(F)(F)CC3)n2)c(N2CC[C@@]3(C)C[C@@H]3C2)c1. The summed E-state index contributed by atoms with van der Waals surface area (Å²) in [5, 5.41) is 0. The first-order chi connectivity index (χ1) is 20.2. The highest BCUT2D eigenvalue weighted by Crippen LogP contribution is 2.58. The summed E-state index contributed by atoms with van der Waals surface area (Å²) in [7, 11) is -4.24. The van der Waals surface area contributed by atoms with Crippen molar-refractivity contribution in [3.05, 3.63) is 35.3 Å². The fourth-order valence-electron chi connectivity index (χ4n) is 5.64. The van der Waals surface area contributed by atoms with E-state index in [2.05, 4.69) is 21.6 Å². The molecule has 0 radical (unpaired) electrons. The van der Waals surface area contributed by atoms with E-state index in [9.17, 15) is 26.8 Å². The van der Waals surface area contributed by atoms with Crippen LogP contribution >= 0.6 is 0 Å². The average Bonchev–Trinajstić information content (AvgIpc) is 3.57. The molecule has 5 rings (SSSR count). The van der Waals surface area contributed by atoms with Gasteiger partial charge < -0.3 is 19.3 Å². The lowest BCUT2D eigenvalue weighted by Gasteiger charge is -2.33. The van der Waals surface area contributed by atoms with Gasteiger partial charge in [0, 0.05) is 50.8 Å². The standard InChI is InChI=1S/C28H34F3N5O6S/c1-4-41-23(37)16-43(39,40)34-19-12-20(29)24(21(13-19)36-8-5-27(3)14-18(27)15-36)25(38)42-22-11-17(2)32-26(33-22)35-9-6-28(30,31)7-10-35/h11-13,18,34H,4-10,14-16H2,1-3H3/t18-,27+/m1/s1. The van der Waals surface area contributed by atoms with Gasteiger partial charge in [0.25, 0.3) is 5.92 Å². The van der Waals surface area contributed by atoms with Crippen molar-refractivity contribution in [2.75, 3.05) is 53.1 Å². The number of hydrogen-bond donors (Lipinski definition) is 1. The second-order valence-corrected chi connectivity index (χ2v) is 13.4. The van der Waals surface area contributed by atoms with Crippen LogP contribution in [-0.2, 0) is 19.6 Å². The summed E-state index contributed by atoms with van der Waals surface area (Å²) >= 11 is 0. The number of anilines is 3. The van der Waals surface area contributed by atoms with E-state index in [1.165, 1.54) is 12.1 Å². The van der Waals surface area contributed by atoms with Crippen molar-refractivity contribution in [1.82, 2.24) is 9.97 Å². The van der Waals surface area contributed by atoms with E-state index in [0.29, 0.717) is 24.7 Å². The highest BCUT2D eigenvalue weighted by Gasteiger charge is 2.53. The number of nitrogens with zero attached hydrogens (tertiary/aromatic N) is 4. The van der Waals surface area contributed by atoms with Crippen LogP contribution in [0.3, 0.4) is 0 Å². The van der Waals surface area contributed by atoms with E-state index in [4.69, 9.17) is 9.47 Å². The number of fused-ring (bicyclic) bond motifs is 1. The van der Waals surface area contributed by atoms with Crippen LogP contribution in [0.5, 0.6) is 5.88 Å². The van der Waals surface area contributed by atoms with Crippen molar-refractivity contribution in [3.8, 4) is 5.88 Å². The molecule has 2 aromatic rings. The monoisotopic (exact) mass is 625 g/mol. The van der Waals surface area contributed by atoms with Gasteiger partial charge in [-0.15, -0.1) is 0 Å². The molecule has 0 spiro atoms. The minimum absolute atomic E-state index is 0.000303. The first kappa shape index (κ1) is 30.8. The Morgan fingerprint density at radius 2 is 1.79 bits per heavy atom. The highest BCUT2D eigenvalue weighted by atomic mass is 32.2. The molecule has 0 amide bonds. The Balaban J connectivity index is 1.43. The minimum Gasteiger partial charge on any atom is -0.465 e. The molecule has 2 aliphatic heterocycles. The molecule has 2 atom stereocenters. The van der Waals surface area contributed by atoms with Crippen LogP contribution in [0.1, 0.15) is 55.6 Å². The summed E-state index contributed by atoms with van der Waals surface area (Å²) in [6, 6.07) is 3.57. The maximum atomic E-state index is 15.7. The van der Waals surface area contributed by atoms with Gasteiger partial charge in [-0.3, -0.25) is 9.52 Å². The second-order valence-electron chi connectivity index (χ2n) is 11.6. The fraction of sp³-hybridized carbons (Fsp3) is 0.571. The fourth-order valence-corrected chi connectivity index (χ4v) is 6.58. The summed E-state index contributed by atoms with van der Waals surface area (Å²) in [6.45, 7) is 6.41. The number of hydrogen-bond acceptors (Lipinski definition) is 10. The number of sulfonamides is 1. The average molecular weight is 626 g/mol. The number of alkyl halides is 2. The number of carbonyl (C=O) groups excluding carboxylic acids is 2. The lowest BCUT2D eigenvalue weighted by molar-refractivity contribution is -0.139. The number of halogens is 3. The molecule has 2 saturated heterocycles. The first-order valence-corrected chi connectivity index (χ1v) is 15.8. The van der Waals surface area contributed by atoms with E-state index in [0.717, 1.165) is 18.9 Å². The molecule has 234 valence electrons. The van der Waals surface area contributed by atoms with Gasteiger partial charge in [0.15, 0.2) is 5.75 Å². The first-order valence-electron chi connectivity index (χ1n) is 14.1. The van der Waals surface area contributed by atoms with E-state index in [1.807, 2.05) is 4.90 Å². The lowest BCUT2D eigenvalue weighted by atomic mass is 9.96. The number of rotatable bonds is 9. The van der Waals surface area contributed by atoms with Gasteiger partial charge >= 0.3 is 11.9 Å². The molecule has 0 bridgehead atoms. The quantitative estimate of drug-likeness (QED) is 0.409. The van der Waals surface area contributed by atoms with E-state index >= 15 is 4.39 Å². The third-order valence-corrected chi connectivity index (χ3v) is 9.39. The minimum atomic E-state index is -4.24. The van der Waals surface area contributed by atoms with Crippen molar-refractivity contribution >= 4 is 39.3 Å². The van der Waals surface area contributed by atoms with Gasteiger partial charge in [-0.2, -0.15) is 4.98 Å². The number of nitrogens with one attached hydrogen (secondary N) is 1.